The summed E-state index contributed by atoms with van der Waals surface area (Å²) in [5, 5.41) is 0. The molecule has 0 heterocycles. The second-order valence-corrected chi connectivity index (χ2v) is 3.87. The molecule has 1 fully saturated rings. The molecule has 4 atom stereocenters. The molecule has 1 aliphatic carbocycles. The minimum absolute atomic E-state index is 0. The zero-order chi connectivity index (χ0) is 13.3. The van der Waals surface area contributed by atoms with E-state index in [1.165, 1.54) is 0 Å². The van der Waals surface area contributed by atoms with E-state index in [0.717, 1.165) is 19.1 Å². The van der Waals surface area contributed by atoms with Crippen LogP contribution in [-0.4, -0.2) is 32.7 Å². The number of hydrogen-bond donors (Lipinski definition) is 0. The molecule has 4 heteroatoms. The van der Waals surface area contributed by atoms with Gasteiger partial charge < -0.3 is 21.2 Å². The van der Waals surface area contributed by atoms with Crippen LogP contribution < -0.4 is 0 Å². The van der Waals surface area contributed by atoms with Gasteiger partial charge in [0.1, 0.15) is 6.29 Å². The smallest absolute Gasteiger partial charge is 0.381 e. The van der Waals surface area contributed by atoms with Crippen molar-refractivity contribution in [1.82, 2.24) is 0 Å². The SMILES string of the molecule is [CH2-]/C=C\CC1C(OC)CC(OC)C1C=O.[CH2-]C.[W+2]. The number of rotatable bonds is 5. The Bertz CT molecular complexity index is 231. The van der Waals surface area contributed by atoms with Crippen molar-refractivity contribution in [2.75, 3.05) is 14.2 Å². The second kappa shape index (κ2) is 11.9. The van der Waals surface area contributed by atoms with Gasteiger partial charge in [0.25, 0.3) is 0 Å². The van der Waals surface area contributed by atoms with Crippen LogP contribution in [0.25, 0.3) is 0 Å². The second-order valence-electron chi connectivity index (χ2n) is 3.87. The Morgan fingerprint density at radius 2 is 1.78 bits per heavy atom. The topological polar surface area (TPSA) is 35.5 Å². The number of allylic oxidation sites excluding steroid dienone is 2. The fourth-order valence-corrected chi connectivity index (χ4v) is 2.36. The first kappa shape index (κ1) is 20.2. The molecule has 0 spiro atoms. The Morgan fingerprint density at radius 3 is 2.17 bits per heavy atom. The van der Waals surface area contributed by atoms with Crippen LogP contribution in [0.5, 0.6) is 0 Å². The van der Waals surface area contributed by atoms with Gasteiger partial charge in [0.15, 0.2) is 0 Å². The van der Waals surface area contributed by atoms with Gasteiger partial charge in [-0.05, 0) is 5.92 Å². The molecule has 1 saturated carbocycles. The van der Waals surface area contributed by atoms with Crippen LogP contribution in [0.2, 0.25) is 0 Å². The first-order valence-corrected chi connectivity index (χ1v) is 5.94. The van der Waals surface area contributed by atoms with Crippen LogP contribution in [-0.2, 0) is 35.3 Å². The maximum Gasteiger partial charge on any atom is 2.00 e. The third-order valence-corrected chi connectivity index (χ3v) is 3.20. The maximum absolute atomic E-state index is 11.0. The van der Waals surface area contributed by atoms with E-state index in [2.05, 4.69) is 13.8 Å². The Labute approximate surface area is 126 Å². The molecule has 104 valence electrons. The van der Waals surface area contributed by atoms with Crippen molar-refractivity contribution >= 4 is 6.29 Å². The monoisotopic (exact) mass is 424 g/mol. The molecule has 0 bridgehead atoms. The molecule has 4 unspecified atom stereocenters. The van der Waals surface area contributed by atoms with Crippen molar-refractivity contribution in [3.63, 3.8) is 0 Å². The quantitative estimate of drug-likeness (QED) is 0.503. The van der Waals surface area contributed by atoms with Gasteiger partial charge in [-0.3, -0.25) is 0 Å². The van der Waals surface area contributed by atoms with E-state index in [4.69, 9.17) is 9.47 Å². The van der Waals surface area contributed by atoms with Gasteiger partial charge in [-0.1, -0.05) is 6.42 Å². The first-order chi connectivity index (χ1) is 8.28. The molecule has 0 amide bonds. The van der Waals surface area contributed by atoms with Crippen LogP contribution in [0.1, 0.15) is 19.8 Å². The van der Waals surface area contributed by atoms with E-state index in [1.54, 1.807) is 27.2 Å². The maximum atomic E-state index is 11.0. The third-order valence-electron chi connectivity index (χ3n) is 3.20. The van der Waals surface area contributed by atoms with E-state index in [1.807, 2.05) is 6.08 Å². The summed E-state index contributed by atoms with van der Waals surface area (Å²) in [4.78, 5) is 11.0. The normalized spacial score (nSPS) is 30.4. The Kier molecular flexibility index (Phi) is 13.4. The molecule has 0 aliphatic heterocycles. The van der Waals surface area contributed by atoms with E-state index < -0.39 is 0 Å². The van der Waals surface area contributed by atoms with Gasteiger partial charge >= 0.3 is 21.1 Å². The Balaban J connectivity index is 0. The molecule has 0 aromatic heterocycles. The molecular formula is C14H24O3W. The van der Waals surface area contributed by atoms with Crippen molar-refractivity contribution in [2.24, 2.45) is 11.8 Å². The van der Waals surface area contributed by atoms with Crippen molar-refractivity contribution < 1.29 is 35.3 Å². The molecule has 1 rings (SSSR count). The number of carbonyl (C=O) groups excluding carboxylic acids is 1. The summed E-state index contributed by atoms with van der Waals surface area (Å²) in [6.45, 7) is 8.65. The summed E-state index contributed by atoms with van der Waals surface area (Å²) in [6, 6.07) is 0. The number of methoxy groups -OCH3 is 2. The summed E-state index contributed by atoms with van der Waals surface area (Å²) in [7, 11) is 3.33. The number of aldehydes is 1. The summed E-state index contributed by atoms with van der Waals surface area (Å²) >= 11 is 0. The van der Waals surface area contributed by atoms with Gasteiger partial charge in [0, 0.05) is 26.6 Å². The van der Waals surface area contributed by atoms with Crippen LogP contribution in [0.4, 0.5) is 0 Å². The van der Waals surface area contributed by atoms with E-state index in [-0.39, 0.29) is 45.1 Å². The van der Waals surface area contributed by atoms with E-state index in [9.17, 15) is 4.79 Å². The van der Waals surface area contributed by atoms with Gasteiger partial charge in [0.05, 0.1) is 12.2 Å². The summed E-state index contributed by atoms with van der Waals surface area (Å²) in [5.41, 5.74) is 0. The van der Waals surface area contributed by atoms with Crippen LogP contribution >= 0.6 is 0 Å². The predicted molar refractivity (Wildman–Crippen MR) is 69.4 cm³/mol. The largest absolute Gasteiger partial charge is 2.00 e. The number of hydrogen-bond acceptors (Lipinski definition) is 3. The van der Waals surface area contributed by atoms with Crippen LogP contribution in [0.15, 0.2) is 12.2 Å². The van der Waals surface area contributed by atoms with Crippen molar-refractivity contribution in [3.05, 3.63) is 26.0 Å². The van der Waals surface area contributed by atoms with Crippen molar-refractivity contribution in [1.29, 1.82) is 0 Å². The Morgan fingerprint density at radius 1 is 1.22 bits per heavy atom. The predicted octanol–water partition coefficient (Wildman–Crippen LogP) is 2.47. The van der Waals surface area contributed by atoms with E-state index in [0.29, 0.717) is 0 Å². The summed E-state index contributed by atoms with van der Waals surface area (Å²) < 4.78 is 10.7. The number of ether oxygens (including phenoxy) is 2. The first-order valence-electron chi connectivity index (χ1n) is 5.94. The van der Waals surface area contributed by atoms with Gasteiger partial charge in [-0.15, -0.1) is 0 Å². The number of carbonyl (C=O) groups is 1. The molecule has 0 saturated heterocycles. The van der Waals surface area contributed by atoms with Gasteiger partial charge in [-0.2, -0.15) is 6.92 Å². The zero-order valence-electron chi connectivity index (χ0n) is 11.5. The molecule has 0 radical (unpaired) electrons. The third kappa shape index (κ3) is 5.25. The van der Waals surface area contributed by atoms with E-state index >= 15 is 0 Å². The molecular weight excluding hydrogens is 400 g/mol. The van der Waals surface area contributed by atoms with Crippen LogP contribution in [0, 0.1) is 25.7 Å². The standard InChI is InChI=1S/C12H19O3.C2H5.W/c1-4-5-6-9-10(8-13)12(15-3)7-11(9)14-2;1-2;/h4-5,8-12H,1,6-7H2,2-3H3;1H2,2H3;/q2*-1;+2/b5-4-;;. The molecule has 18 heavy (non-hydrogen) atoms. The summed E-state index contributed by atoms with van der Waals surface area (Å²) in [5.74, 6) is 0.159. The average molecular weight is 424 g/mol. The van der Waals surface area contributed by atoms with Crippen LogP contribution in [0.3, 0.4) is 0 Å². The van der Waals surface area contributed by atoms with Gasteiger partial charge in [0.2, 0.25) is 0 Å². The fourth-order valence-electron chi connectivity index (χ4n) is 2.36. The average Bonchev–Trinajstić information content (AvgIpc) is 2.75. The zero-order valence-corrected chi connectivity index (χ0v) is 14.4. The Hall–Kier alpha value is -0.112. The van der Waals surface area contributed by atoms with Crippen molar-refractivity contribution in [2.45, 2.75) is 32.0 Å². The fraction of sp³-hybridized carbons (Fsp3) is 0.643. The summed E-state index contributed by atoms with van der Waals surface area (Å²) in [6.07, 6.45) is 6.46. The molecule has 1 aliphatic rings. The molecule has 3 nitrogen and oxygen atoms in total. The minimum Gasteiger partial charge on any atom is -0.381 e. The van der Waals surface area contributed by atoms with Crippen molar-refractivity contribution in [3.8, 4) is 0 Å². The molecule has 0 N–H and O–H groups in total. The molecule has 0 aromatic rings. The molecule has 0 aromatic carbocycles. The van der Waals surface area contributed by atoms with Gasteiger partial charge in [-0.25, -0.2) is 19.1 Å². The minimum atomic E-state index is -0.0591.